The average molecular weight is 322 g/mol. The largest absolute Gasteiger partial charge is 0.337 e. The molecule has 0 atom stereocenters. The van der Waals surface area contributed by atoms with Crippen LogP contribution in [-0.4, -0.2) is 32.3 Å². The maximum absolute atomic E-state index is 13.1. The molecule has 1 aliphatic heterocycles. The minimum atomic E-state index is -0.392. The fourth-order valence-electron chi connectivity index (χ4n) is 3.87. The number of carbonyl (C=O) groups excluding carboxylic acids is 1. The molecular weight excluding hydrogens is 300 g/mol. The molecule has 24 heavy (non-hydrogen) atoms. The Morgan fingerprint density at radius 1 is 1.33 bits per heavy atom. The molecule has 2 aromatic heterocycles. The summed E-state index contributed by atoms with van der Waals surface area (Å²) in [4.78, 5) is 27.4. The number of amides is 1. The van der Waals surface area contributed by atoms with Gasteiger partial charge in [0.1, 0.15) is 0 Å². The fraction of sp³-hybridized carbons (Fsp3) is 0.421. The van der Waals surface area contributed by atoms with E-state index in [4.69, 9.17) is 0 Å². The summed E-state index contributed by atoms with van der Waals surface area (Å²) in [5, 5.41) is 0. The first-order valence-corrected chi connectivity index (χ1v) is 8.51. The van der Waals surface area contributed by atoms with Gasteiger partial charge in [0.25, 0.3) is 5.91 Å². The van der Waals surface area contributed by atoms with Gasteiger partial charge >= 0.3 is 0 Å². The Balaban J connectivity index is 1.70. The quantitative estimate of drug-likeness (QED) is 0.877. The molecule has 0 aromatic carbocycles. The number of aromatic amines is 1. The first kappa shape index (κ1) is 15.1. The van der Waals surface area contributed by atoms with E-state index in [0.717, 1.165) is 47.5 Å². The second kappa shape index (κ2) is 5.30. The van der Waals surface area contributed by atoms with Crippen LogP contribution in [0.2, 0.25) is 0 Å². The van der Waals surface area contributed by atoms with Gasteiger partial charge in [-0.15, -0.1) is 0 Å². The maximum Gasteiger partial charge on any atom is 0.290 e. The molecule has 1 aliphatic carbocycles. The maximum atomic E-state index is 13.1. The van der Waals surface area contributed by atoms with Gasteiger partial charge in [0, 0.05) is 30.6 Å². The van der Waals surface area contributed by atoms with Gasteiger partial charge in [0.05, 0.1) is 11.2 Å². The van der Waals surface area contributed by atoms with E-state index < -0.39 is 5.54 Å². The summed E-state index contributed by atoms with van der Waals surface area (Å²) < 4.78 is 0. The molecule has 4 rings (SSSR count). The number of aryl methyl sites for hydroxylation is 1. The van der Waals surface area contributed by atoms with Crippen LogP contribution >= 0.6 is 0 Å². The van der Waals surface area contributed by atoms with Gasteiger partial charge in [-0.3, -0.25) is 9.78 Å². The topological polar surface area (TPSA) is 61.9 Å². The van der Waals surface area contributed by atoms with Crippen molar-refractivity contribution in [2.75, 3.05) is 6.54 Å². The molecule has 0 saturated carbocycles. The van der Waals surface area contributed by atoms with E-state index in [9.17, 15) is 4.79 Å². The summed E-state index contributed by atoms with van der Waals surface area (Å²) in [6.45, 7) is 6.88. The number of fused-ring (bicyclic) bond motifs is 2. The fourth-order valence-corrected chi connectivity index (χ4v) is 3.87. The molecule has 1 N–H and O–H groups in total. The summed E-state index contributed by atoms with van der Waals surface area (Å²) in [6, 6.07) is 4.01. The van der Waals surface area contributed by atoms with E-state index in [1.54, 1.807) is 0 Å². The number of hydrogen-bond acceptors (Lipinski definition) is 3. The number of rotatable bonds is 1. The van der Waals surface area contributed by atoms with E-state index in [2.05, 4.69) is 47.9 Å². The Morgan fingerprint density at radius 2 is 2.17 bits per heavy atom. The first-order chi connectivity index (χ1) is 11.5. The van der Waals surface area contributed by atoms with E-state index >= 15 is 0 Å². The second-order valence-corrected chi connectivity index (χ2v) is 7.10. The minimum absolute atomic E-state index is 0.0308. The Hall–Kier alpha value is -2.43. The summed E-state index contributed by atoms with van der Waals surface area (Å²) >= 11 is 0. The molecule has 2 aliphatic rings. The van der Waals surface area contributed by atoms with Crippen LogP contribution in [0.3, 0.4) is 0 Å². The van der Waals surface area contributed by atoms with Gasteiger partial charge in [0.15, 0.2) is 5.82 Å². The lowest BCUT2D eigenvalue weighted by Gasteiger charge is -2.42. The SMILES string of the molecule is CC1=CCCc2[nH]c(C(=O)N3CCc4ncccc4C3(C)C)nc21. The summed E-state index contributed by atoms with van der Waals surface area (Å²) in [7, 11) is 0. The molecule has 0 bridgehead atoms. The Bertz CT molecular complexity index is 847. The molecule has 3 heterocycles. The average Bonchev–Trinajstić information content (AvgIpc) is 3.00. The molecule has 0 saturated heterocycles. The van der Waals surface area contributed by atoms with Crippen LogP contribution in [-0.2, 0) is 18.4 Å². The van der Waals surface area contributed by atoms with Crippen LogP contribution in [0.15, 0.2) is 24.4 Å². The second-order valence-electron chi connectivity index (χ2n) is 7.10. The lowest BCUT2D eigenvalue weighted by atomic mass is 9.86. The molecule has 5 heteroatoms. The molecule has 1 amide bonds. The minimum Gasteiger partial charge on any atom is -0.337 e. The van der Waals surface area contributed by atoms with Crippen LogP contribution in [0.4, 0.5) is 0 Å². The zero-order valence-corrected chi connectivity index (χ0v) is 14.4. The van der Waals surface area contributed by atoms with Gasteiger partial charge in [-0.2, -0.15) is 0 Å². The van der Waals surface area contributed by atoms with Crippen molar-refractivity contribution in [2.24, 2.45) is 0 Å². The number of hydrogen-bond donors (Lipinski definition) is 1. The van der Waals surface area contributed by atoms with Crippen LogP contribution < -0.4 is 0 Å². The first-order valence-electron chi connectivity index (χ1n) is 8.51. The zero-order chi connectivity index (χ0) is 16.9. The van der Waals surface area contributed by atoms with Crippen LogP contribution in [0.5, 0.6) is 0 Å². The van der Waals surface area contributed by atoms with Gasteiger partial charge in [-0.05, 0) is 50.8 Å². The van der Waals surface area contributed by atoms with Crippen molar-refractivity contribution in [1.29, 1.82) is 0 Å². The summed E-state index contributed by atoms with van der Waals surface area (Å²) in [6.07, 6.45) is 6.71. The van der Waals surface area contributed by atoms with Crippen LogP contribution in [0.25, 0.3) is 5.57 Å². The highest BCUT2D eigenvalue weighted by molar-refractivity contribution is 5.92. The molecule has 0 spiro atoms. The number of H-pyrrole nitrogens is 1. The lowest BCUT2D eigenvalue weighted by Crippen LogP contribution is -2.50. The van der Waals surface area contributed by atoms with Crippen molar-refractivity contribution in [2.45, 2.75) is 45.6 Å². The van der Waals surface area contributed by atoms with Crippen LogP contribution in [0.1, 0.15) is 60.5 Å². The number of pyridine rings is 1. The molecule has 0 radical (unpaired) electrons. The Morgan fingerprint density at radius 3 is 2.96 bits per heavy atom. The molecule has 0 unspecified atom stereocenters. The smallest absolute Gasteiger partial charge is 0.290 e. The standard InChI is InChI=1S/C19H22N4O/c1-12-6-4-8-15-16(12)22-17(21-15)18(24)23-11-9-14-13(19(23,2)3)7-5-10-20-14/h5-7,10H,4,8-9,11H2,1-3H3,(H,21,22). The summed E-state index contributed by atoms with van der Waals surface area (Å²) in [5.41, 5.74) is 4.99. The van der Waals surface area contributed by atoms with Gasteiger partial charge < -0.3 is 9.88 Å². The Kier molecular flexibility index (Phi) is 3.34. The van der Waals surface area contributed by atoms with Crippen molar-refractivity contribution < 1.29 is 4.79 Å². The van der Waals surface area contributed by atoms with Gasteiger partial charge in [-0.1, -0.05) is 12.1 Å². The van der Waals surface area contributed by atoms with E-state index in [1.807, 2.05) is 17.2 Å². The third-order valence-corrected chi connectivity index (χ3v) is 5.24. The van der Waals surface area contributed by atoms with Crippen molar-refractivity contribution >= 4 is 11.5 Å². The van der Waals surface area contributed by atoms with E-state index in [1.165, 1.54) is 0 Å². The highest BCUT2D eigenvalue weighted by Gasteiger charge is 2.39. The number of carbonyl (C=O) groups is 1. The number of allylic oxidation sites excluding steroid dienone is 2. The Labute approximate surface area is 141 Å². The predicted molar refractivity (Wildman–Crippen MR) is 92.6 cm³/mol. The highest BCUT2D eigenvalue weighted by Crippen LogP contribution is 2.35. The van der Waals surface area contributed by atoms with Crippen molar-refractivity contribution in [3.05, 3.63) is 52.9 Å². The third-order valence-electron chi connectivity index (χ3n) is 5.24. The van der Waals surface area contributed by atoms with E-state index in [0.29, 0.717) is 12.4 Å². The zero-order valence-electron chi connectivity index (χ0n) is 14.4. The van der Waals surface area contributed by atoms with E-state index in [-0.39, 0.29) is 5.91 Å². The molecular formula is C19H22N4O. The third kappa shape index (κ3) is 2.19. The molecule has 124 valence electrons. The number of nitrogens with one attached hydrogen (secondary N) is 1. The van der Waals surface area contributed by atoms with Gasteiger partial charge in [0.2, 0.25) is 0 Å². The van der Waals surface area contributed by atoms with Crippen molar-refractivity contribution in [1.82, 2.24) is 19.9 Å². The predicted octanol–water partition coefficient (Wildman–Crippen LogP) is 3.09. The van der Waals surface area contributed by atoms with Crippen molar-refractivity contribution in [3.8, 4) is 0 Å². The number of nitrogens with zero attached hydrogens (tertiary/aromatic N) is 3. The monoisotopic (exact) mass is 322 g/mol. The molecule has 0 fully saturated rings. The lowest BCUT2D eigenvalue weighted by molar-refractivity contribution is 0.0498. The number of imidazole rings is 1. The molecule has 5 nitrogen and oxygen atoms in total. The van der Waals surface area contributed by atoms with Crippen molar-refractivity contribution in [3.63, 3.8) is 0 Å². The number of aromatic nitrogens is 3. The normalized spacial score (nSPS) is 18.6. The molecule has 2 aromatic rings. The van der Waals surface area contributed by atoms with Gasteiger partial charge in [-0.25, -0.2) is 4.98 Å². The highest BCUT2D eigenvalue weighted by atomic mass is 16.2. The van der Waals surface area contributed by atoms with Crippen LogP contribution in [0, 0.1) is 0 Å². The summed E-state index contributed by atoms with van der Waals surface area (Å²) in [5.74, 6) is 0.423.